The molecule has 2 N–H and O–H groups in total. The number of rotatable bonds is 3. The highest BCUT2D eigenvalue weighted by atomic mass is 16.2. The van der Waals surface area contributed by atoms with Crippen molar-refractivity contribution < 1.29 is 9.59 Å². The maximum atomic E-state index is 13.2. The number of carbonyl (C=O) groups excluding carboxylic acids is 2. The molecule has 0 aliphatic carbocycles. The fourth-order valence-electron chi connectivity index (χ4n) is 5.87. The van der Waals surface area contributed by atoms with Gasteiger partial charge in [-0.3, -0.25) is 14.5 Å². The molecule has 2 bridgehead atoms. The number of pyridine rings is 1. The highest BCUT2D eigenvalue weighted by Gasteiger charge is 2.38. The molecule has 3 amide bonds. The molecule has 1 aromatic carbocycles. The third-order valence-electron chi connectivity index (χ3n) is 7.56. The van der Waals surface area contributed by atoms with E-state index in [1.807, 2.05) is 21.6 Å². The number of nitrogens with one attached hydrogen (secondary N) is 2. The molecule has 2 atom stereocenters. The summed E-state index contributed by atoms with van der Waals surface area (Å²) in [6.45, 7) is 5.80. The largest absolute Gasteiger partial charge is 0.343 e. The molecule has 3 aliphatic heterocycles. The van der Waals surface area contributed by atoms with E-state index in [1.165, 1.54) is 0 Å². The van der Waals surface area contributed by atoms with Crippen LogP contribution in [0.15, 0.2) is 41.2 Å². The molecular weight excluding hydrogens is 444 g/mol. The van der Waals surface area contributed by atoms with E-state index in [4.69, 9.17) is 5.26 Å². The Kier molecular flexibility index (Phi) is 6.31. The molecule has 2 saturated heterocycles. The summed E-state index contributed by atoms with van der Waals surface area (Å²) in [5.41, 5.74) is 2.03. The zero-order valence-corrected chi connectivity index (χ0v) is 19.9. The number of piperidine rings is 2. The third-order valence-corrected chi connectivity index (χ3v) is 7.56. The zero-order valence-electron chi connectivity index (χ0n) is 19.9. The molecule has 0 saturated carbocycles. The summed E-state index contributed by atoms with van der Waals surface area (Å²) >= 11 is 0. The predicted molar refractivity (Wildman–Crippen MR) is 132 cm³/mol. The van der Waals surface area contributed by atoms with Gasteiger partial charge in [0.05, 0.1) is 11.6 Å². The second kappa shape index (κ2) is 9.55. The summed E-state index contributed by atoms with van der Waals surface area (Å²) in [5.74, 6) is 0.835. The molecular formula is C26H30N6O3. The number of benzene rings is 1. The summed E-state index contributed by atoms with van der Waals surface area (Å²) in [6, 6.07) is 12.3. The van der Waals surface area contributed by atoms with Crippen molar-refractivity contribution in [3.05, 3.63) is 58.0 Å². The van der Waals surface area contributed by atoms with Crippen molar-refractivity contribution in [2.75, 3.05) is 36.8 Å². The number of anilines is 2. The van der Waals surface area contributed by atoms with Crippen LogP contribution in [0.3, 0.4) is 0 Å². The van der Waals surface area contributed by atoms with Gasteiger partial charge in [-0.2, -0.15) is 5.26 Å². The topological polar surface area (TPSA) is 110 Å². The van der Waals surface area contributed by atoms with Crippen molar-refractivity contribution in [2.24, 2.45) is 5.92 Å². The number of carbonyl (C=O) groups is 2. The highest BCUT2D eigenvalue weighted by Crippen LogP contribution is 2.37. The average Bonchev–Trinajstić information content (AvgIpc) is 2.86. The molecule has 2 aromatic rings. The first-order chi connectivity index (χ1) is 16.9. The lowest BCUT2D eigenvalue weighted by atomic mass is 9.82. The maximum absolute atomic E-state index is 13.2. The highest BCUT2D eigenvalue weighted by molar-refractivity contribution is 5.99. The Morgan fingerprint density at radius 3 is 2.60 bits per heavy atom. The molecule has 1 aromatic heterocycles. The van der Waals surface area contributed by atoms with Crippen LogP contribution in [0.2, 0.25) is 0 Å². The van der Waals surface area contributed by atoms with Crippen LogP contribution in [0.25, 0.3) is 0 Å². The molecule has 0 unspecified atom stereocenters. The van der Waals surface area contributed by atoms with E-state index in [0.717, 1.165) is 51.1 Å². The van der Waals surface area contributed by atoms with Crippen molar-refractivity contribution in [3.8, 4) is 6.07 Å². The second-order valence-corrected chi connectivity index (χ2v) is 9.85. The van der Waals surface area contributed by atoms with Crippen LogP contribution in [0.4, 0.5) is 16.2 Å². The first-order valence-corrected chi connectivity index (χ1v) is 12.2. The van der Waals surface area contributed by atoms with Gasteiger partial charge >= 0.3 is 6.03 Å². The first-order valence-electron chi connectivity index (χ1n) is 12.2. The molecule has 3 aliphatic rings. The average molecular weight is 475 g/mol. The summed E-state index contributed by atoms with van der Waals surface area (Å²) in [4.78, 5) is 41.9. The molecule has 35 heavy (non-hydrogen) atoms. The van der Waals surface area contributed by atoms with E-state index in [0.29, 0.717) is 29.8 Å². The molecule has 9 nitrogen and oxygen atoms in total. The molecule has 5 rings (SSSR count). The van der Waals surface area contributed by atoms with E-state index >= 15 is 0 Å². The van der Waals surface area contributed by atoms with Gasteiger partial charge in [-0.1, -0.05) is 6.07 Å². The summed E-state index contributed by atoms with van der Waals surface area (Å²) < 4.78 is 1.83. The van der Waals surface area contributed by atoms with Crippen LogP contribution >= 0.6 is 0 Å². The molecule has 0 spiro atoms. The van der Waals surface area contributed by atoms with Crippen LogP contribution in [0.5, 0.6) is 0 Å². The lowest BCUT2D eigenvalue weighted by molar-refractivity contribution is -0.130. The SMILES string of the molecule is CC(=O)N1CCC(N2C[C@@H]3C[C@H](C2)c2ccc(NC(=O)Nc4cccc(C#N)c4)c(=O)n2C3)CC1. The fourth-order valence-corrected chi connectivity index (χ4v) is 5.87. The number of nitrogens with zero attached hydrogens (tertiary/aromatic N) is 4. The number of aromatic nitrogens is 1. The molecule has 0 radical (unpaired) electrons. The number of urea groups is 1. The van der Waals surface area contributed by atoms with Gasteiger partial charge in [0.2, 0.25) is 5.91 Å². The quantitative estimate of drug-likeness (QED) is 0.711. The lowest BCUT2D eigenvalue weighted by Gasteiger charge is -2.47. The Hall–Kier alpha value is -3.64. The van der Waals surface area contributed by atoms with Gasteiger partial charge in [0.1, 0.15) is 5.69 Å². The fraction of sp³-hybridized carbons (Fsp3) is 0.462. The molecule has 4 heterocycles. The number of fused-ring (bicyclic) bond motifs is 4. The van der Waals surface area contributed by atoms with Crippen LogP contribution in [-0.4, -0.2) is 58.5 Å². The summed E-state index contributed by atoms with van der Waals surface area (Å²) in [6.07, 6.45) is 3.08. The van der Waals surface area contributed by atoms with E-state index in [-0.39, 0.29) is 23.1 Å². The normalized spacial score (nSPS) is 22.1. The smallest absolute Gasteiger partial charge is 0.323 e. The van der Waals surface area contributed by atoms with Gasteiger partial charge in [-0.05, 0) is 55.5 Å². The third kappa shape index (κ3) is 4.80. The van der Waals surface area contributed by atoms with Gasteiger partial charge in [0.15, 0.2) is 0 Å². The van der Waals surface area contributed by atoms with Crippen molar-refractivity contribution in [1.29, 1.82) is 5.26 Å². The van der Waals surface area contributed by atoms with Crippen LogP contribution in [0.1, 0.15) is 43.4 Å². The van der Waals surface area contributed by atoms with Gasteiger partial charge in [-0.15, -0.1) is 0 Å². The Balaban J connectivity index is 1.27. The van der Waals surface area contributed by atoms with Crippen molar-refractivity contribution in [3.63, 3.8) is 0 Å². The number of hydrogen-bond acceptors (Lipinski definition) is 5. The zero-order chi connectivity index (χ0) is 24.5. The first kappa shape index (κ1) is 23.1. The Morgan fingerprint density at radius 1 is 1.06 bits per heavy atom. The standard InChI is InChI=1S/C26H30N6O3/c1-17(33)30-9-7-22(8-10-30)31-14-19-11-20(16-31)24-6-5-23(25(34)32(24)15-19)29-26(35)28-21-4-2-3-18(12-21)13-27/h2-6,12,19-20,22H,7-11,14-16H2,1H3,(H2,28,29,35)/t19-,20+/m0/s1. The Bertz CT molecular complexity index is 1240. The van der Waals surface area contributed by atoms with Gasteiger partial charge in [0.25, 0.3) is 5.56 Å². The van der Waals surface area contributed by atoms with Crippen LogP contribution in [-0.2, 0) is 11.3 Å². The monoisotopic (exact) mass is 474 g/mol. The van der Waals surface area contributed by atoms with Crippen molar-refractivity contribution in [2.45, 2.75) is 44.7 Å². The number of nitriles is 1. The lowest BCUT2D eigenvalue weighted by Crippen LogP contribution is -2.53. The molecule has 9 heteroatoms. The predicted octanol–water partition coefficient (Wildman–Crippen LogP) is 2.79. The van der Waals surface area contributed by atoms with Gasteiger partial charge in [-0.25, -0.2) is 4.79 Å². The molecule has 2 fully saturated rings. The van der Waals surface area contributed by atoms with Gasteiger partial charge in [0, 0.05) is 63.0 Å². The summed E-state index contributed by atoms with van der Waals surface area (Å²) in [5, 5.41) is 14.4. The maximum Gasteiger partial charge on any atom is 0.323 e. The van der Waals surface area contributed by atoms with Crippen molar-refractivity contribution in [1.82, 2.24) is 14.4 Å². The van der Waals surface area contributed by atoms with E-state index in [9.17, 15) is 14.4 Å². The second-order valence-electron chi connectivity index (χ2n) is 9.85. The van der Waals surface area contributed by atoms with E-state index < -0.39 is 6.03 Å². The van der Waals surface area contributed by atoms with E-state index in [2.05, 4.69) is 15.5 Å². The Morgan fingerprint density at radius 2 is 1.86 bits per heavy atom. The van der Waals surface area contributed by atoms with E-state index in [1.54, 1.807) is 37.3 Å². The number of hydrogen-bond donors (Lipinski definition) is 2. The van der Waals surface area contributed by atoms with Gasteiger partial charge < -0.3 is 20.1 Å². The minimum Gasteiger partial charge on any atom is -0.343 e. The minimum absolute atomic E-state index is 0.154. The Labute approximate surface area is 204 Å². The summed E-state index contributed by atoms with van der Waals surface area (Å²) in [7, 11) is 0. The van der Waals surface area contributed by atoms with Crippen LogP contribution < -0.4 is 16.2 Å². The minimum atomic E-state index is -0.517. The molecule has 182 valence electrons. The van der Waals surface area contributed by atoms with Crippen LogP contribution in [0, 0.1) is 17.2 Å². The number of amides is 3. The number of likely N-dealkylation sites (tertiary alicyclic amines) is 2. The van der Waals surface area contributed by atoms with Crippen molar-refractivity contribution >= 4 is 23.3 Å².